The predicted octanol–water partition coefficient (Wildman–Crippen LogP) is 1.90. The first-order valence-corrected chi connectivity index (χ1v) is 7.45. The highest BCUT2D eigenvalue weighted by molar-refractivity contribution is 5.86. The molecule has 7 nitrogen and oxygen atoms in total. The number of carbonyl (C=O) groups is 1. The third-order valence-corrected chi connectivity index (χ3v) is 3.87. The van der Waals surface area contributed by atoms with E-state index in [9.17, 15) is 9.90 Å². The highest BCUT2D eigenvalue weighted by atomic mass is 16.5. The Hall–Kier alpha value is -2.54. The number of nitrogens with one attached hydrogen (secondary N) is 1. The van der Waals surface area contributed by atoms with Gasteiger partial charge in [-0.05, 0) is 12.5 Å². The SMILES string of the molecule is COc1cccc2c1OCCCN(Cc1cn[nH]c1C(=O)O)C2. The van der Waals surface area contributed by atoms with Crippen molar-refractivity contribution in [3.8, 4) is 11.5 Å². The Bertz CT molecular complexity index is 698. The second kappa shape index (κ2) is 6.70. The maximum Gasteiger partial charge on any atom is 0.354 e. The van der Waals surface area contributed by atoms with Crippen molar-refractivity contribution in [1.29, 1.82) is 0 Å². The summed E-state index contributed by atoms with van der Waals surface area (Å²) in [5, 5.41) is 15.6. The standard InChI is InChI=1S/C16H19N3O4/c1-22-13-5-2-4-11-9-19(6-3-7-23-15(11)13)10-12-8-17-18-14(12)16(20)21/h2,4-5,8H,3,6-7,9-10H2,1H3,(H,17,18)(H,20,21). The topological polar surface area (TPSA) is 87.7 Å². The van der Waals surface area contributed by atoms with Crippen LogP contribution in [0.2, 0.25) is 0 Å². The van der Waals surface area contributed by atoms with Crippen LogP contribution in [0.4, 0.5) is 0 Å². The molecule has 0 radical (unpaired) electrons. The van der Waals surface area contributed by atoms with E-state index in [2.05, 4.69) is 15.1 Å². The van der Waals surface area contributed by atoms with Gasteiger partial charge in [-0.2, -0.15) is 5.10 Å². The second-order valence-electron chi connectivity index (χ2n) is 5.44. The van der Waals surface area contributed by atoms with Crippen LogP contribution >= 0.6 is 0 Å². The fourth-order valence-electron chi connectivity index (χ4n) is 2.78. The maximum atomic E-state index is 11.2. The minimum Gasteiger partial charge on any atom is -0.493 e. The number of hydrogen-bond donors (Lipinski definition) is 2. The van der Waals surface area contributed by atoms with Crippen molar-refractivity contribution >= 4 is 5.97 Å². The third-order valence-electron chi connectivity index (χ3n) is 3.87. The molecule has 122 valence electrons. The van der Waals surface area contributed by atoms with Crippen molar-refractivity contribution in [2.24, 2.45) is 0 Å². The predicted molar refractivity (Wildman–Crippen MR) is 82.8 cm³/mol. The van der Waals surface area contributed by atoms with Gasteiger partial charge in [0.25, 0.3) is 0 Å². The van der Waals surface area contributed by atoms with E-state index >= 15 is 0 Å². The van der Waals surface area contributed by atoms with Crippen LogP contribution in [0.5, 0.6) is 11.5 Å². The molecule has 0 spiro atoms. The normalized spacial score (nSPS) is 15.2. The summed E-state index contributed by atoms with van der Waals surface area (Å²) >= 11 is 0. The first-order chi connectivity index (χ1) is 11.2. The molecule has 0 unspecified atom stereocenters. The van der Waals surface area contributed by atoms with Gasteiger partial charge in [0.1, 0.15) is 5.69 Å². The molecule has 2 heterocycles. The van der Waals surface area contributed by atoms with Gasteiger partial charge in [-0.15, -0.1) is 0 Å². The molecule has 0 atom stereocenters. The summed E-state index contributed by atoms with van der Waals surface area (Å²) in [5.74, 6) is 0.499. The number of benzene rings is 1. The zero-order valence-electron chi connectivity index (χ0n) is 12.9. The van der Waals surface area contributed by atoms with E-state index in [1.807, 2.05) is 18.2 Å². The van der Waals surface area contributed by atoms with Crippen LogP contribution in [0.1, 0.15) is 28.0 Å². The molecule has 0 saturated carbocycles. The molecule has 1 aromatic carbocycles. The summed E-state index contributed by atoms with van der Waals surface area (Å²) < 4.78 is 11.2. The minimum absolute atomic E-state index is 0.147. The van der Waals surface area contributed by atoms with Gasteiger partial charge in [0.05, 0.1) is 19.9 Å². The molecule has 1 aliphatic rings. The van der Waals surface area contributed by atoms with Crippen LogP contribution in [-0.2, 0) is 13.1 Å². The molecule has 0 saturated heterocycles. The molecule has 3 rings (SSSR count). The van der Waals surface area contributed by atoms with Crippen LogP contribution in [0.15, 0.2) is 24.4 Å². The Morgan fingerprint density at radius 1 is 1.52 bits per heavy atom. The molecule has 1 aromatic heterocycles. The van der Waals surface area contributed by atoms with E-state index in [-0.39, 0.29) is 5.69 Å². The number of rotatable bonds is 4. The van der Waals surface area contributed by atoms with Gasteiger partial charge in [0.15, 0.2) is 11.5 Å². The number of aromatic amines is 1. The lowest BCUT2D eigenvalue weighted by molar-refractivity contribution is 0.0687. The quantitative estimate of drug-likeness (QED) is 0.895. The van der Waals surface area contributed by atoms with Crippen LogP contribution < -0.4 is 9.47 Å². The van der Waals surface area contributed by atoms with Gasteiger partial charge >= 0.3 is 5.97 Å². The molecule has 7 heteroatoms. The lowest BCUT2D eigenvalue weighted by Crippen LogP contribution is -2.28. The number of para-hydroxylation sites is 1. The van der Waals surface area contributed by atoms with Crippen molar-refractivity contribution < 1.29 is 19.4 Å². The number of H-pyrrole nitrogens is 1. The minimum atomic E-state index is -0.991. The van der Waals surface area contributed by atoms with Crippen LogP contribution in [0.3, 0.4) is 0 Å². The Morgan fingerprint density at radius 3 is 3.17 bits per heavy atom. The average Bonchev–Trinajstić information content (AvgIpc) is 2.97. The number of methoxy groups -OCH3 is 1. The molecule has 2 N–H and O–H groups in total. The van der Waals surface area contributed by atoms with Gasteiger partial charge in [-0.3, -0.25) is 10.00 Å². The lowest BCUT2D eigenvalue weighted by Gasteiger charge is -2.26. The van der Waals surface area contributed by atoms with Crippen molar-refractivity contribution in [2.45, 2.75) is 19.5 Å². The number of nitrogens with zero attached hydrogens (tertiary/aromatic N) is 2. The highest BCUT2D eigenvalue weighted by Crippen LogP contribution is 2.33. The molecule has 0 fully saturated rings. The van der Waals surface area contributed by atoms with Gasteiger partial charge < -0.3 is 14.6 Å². The summed E-state index contributed by atoms with van der Waals surface area (Å²) in [7, 11) is 1.63. The molecule has 0 bridgehead atoms. The fraction of sp³-hybridized carbons (Fsp3) is 0.375. The monoisotopic (exact) mass is 317 g/mol. The molecular formula is C16H19N3O4. The Morgan fingerprint density at radius 2 is 2.39 bits per heavy atom. The average molecular weight is 317 g/mol. The molecular weight excluding hydrogens is 298 g/mol. The maximum absolute atomic E-state index is 11.2. The van der Waals surface area contributed by atoms with E-state index in [4.69, 9.17) is 9.47 Å². The van der Waals surface area contributed by atoms with E-state index < -0.39 is 5.97 Å². The zero-order valence-corrected chi connectivity index (χ0v) is 12.9. The number of aromatic carboxylic acids is 1. The Labute approximate surface area is 133 Å². The summed E-state index contributed by atoms with van der Waals surface area (Å²) in [6, 6.07) is 5.81. The number of carboxylic acids is 1. The smallest absolute Gasteiger partial charge is 0.354 e. The van der Waals surface area contributed by atoms with Crippen LogP contribution in [0.25, 0.3) is 0 Å². The van der Waals surface area contributed by atoms with E-state index in [1.165, 1.54) is 0 Å². The summed E-state index contributed by atoms with van der Waals surface area (Å²) in [6.07, 6.45) is 2.43. The molecule has 2 aromatic rings. The van der Waals surface area contributed by atoms with Gasteiger partial charge in [-0.1, -0.05) is 12.1 Å². The van der Waals surface area contributed by atoms with Crippen molar-refractivity contribution in [3.63, 3.8) is 0 Å². The van der Waals surface area contributed by atoms with Crippen molar-refractivity contribution in [2.75, 3.05) is 20.3 Å². The first-order valence-electron chi connectivity index (χ1n) is 7.45. The van der Waals surface area contributed by atoms with Crippen molar-refractivity contribution in [3.05, 3.63) is 41.2 Å². The Kier molecular flexibility index (Phi) is 4.47. The first kappa shape index (κ1) is 15.4. The summed E-state index contributed by atoms with van der Waals surface area (Å²) in [6.45, 7) is 2.60. The van der Waals surface area contributed by atoms with E-state index in [1.54, 1.807) is 13.3 Å². The molecule has 1 aliphatic heterocycles. The van der Waals surface area contributed by atoms with Gasteiger partial charge in [-0.25, -0.2) is 4.79 Å². The van der Waals surface area contributed by atoms with E-state index in [0.29, 0.717) is 25.3 Å². The number of hydrogen-bond acceptors (Lipinski definition) is 5. The number of fused-ring (bicyclic) bond motifs is 1. The highest BCUT2D eigenvalue weighted by Gasteiger charge is 2.20. The molecule has 0 amide bonds. The second-order valence-corrected chi connectivity index (χ2v) is 5.44. The zero-order chi connectivity index (χ0) is 16.2. The van der Waals surface area contributed by atoms with Crippen LogP contribution in [0, 0.1) is 0 Å². The largest absolute Gasteiger partial charge is 0.493 e. The van der Waals surface area contributed by atoms with Crippen molar-refractivity contribution in [1.82, 2.24) is 15.1 Å². The molecule has 0 aliphatic carbocycles. The Balaban J connectivity index is 1.83. The third kappa shape index (κ3) is 3.29. The fourth-order valence-corrected chi connectivity index (χ4v) is 2.78. The summed E-state index contributed by atoms with van der Waals surface area (Å²) in [4.78, 5) is 13.4. The number of ether oxygens (including phenoxy) is 2. The van der Waals surface area contributed by atoms with E-state index in [0.717, 1.165) is 30.0 Å². The molecule has 23 heavy (non-hydrogen) atoms. The lowest BCUT2D eigenvalue weighted by atomic mass is 10.1. The van der Waals surface area contributed by atoms with Gasteiger partial charge in [0, 0.05) is 30.8 Å². The van der Waals surface area contributed by atoms with Crippen LogP contribution in [-0.4, -0.2) is 46.4 Å². The number of aromatic nitrogens is 2. The van der Waals surface area contributed by atoms with Gasteiger partial charge in [0.2, 0.25) is 0 Å². The number of carboxylic acid groups (broad SMARTS) is 1. The summed E-state index contributed by atoms with van der Waals surface area (Å²) in [5.41, 5.74) is 1.86.